The highest BCUT2D eigenvalue weighted by atomic mass is 32.2. The predicted molar refractivity (Wildman–Crippen MR) is 66.2 cm³/mol. The highest BCUT2D eigenvalue weighted by Crippen LogP contribution is 2.08. The smallest absolute Gasteiger partial charge is 0.237 e. The third-order valence-corrected chi connectivity index (χ3v) is 3.60. The molecule has 17 heavy (non-hydrogen) atoms. The van der Waals surface area contributed by atoms with Gasteiger partial charge in [-0.1, -0.05) is 0 Å². The fourth-order valence-electron chi connectivity index (χ4n) is 0.987. The average Bonchev–Trinajstić information content (AvgIpc) is 2.11. The summed E-state index contributed by atoms with van der Waals surface area (Å²) in [7, 11) is -3.12. The molecule has 2 unspecified atom stereocenters. The van der Waals surface area contributed by atoms with Crippen LogP contribution in [0.2, 0.25) is 0 Å². The van der Waals surface area contributed by atoms with Crippen LogP contribution in [0.5, 0.6) is 0 Å². The zero-order chi connectivity index (χ0) is 13.9. The van der Waals surface area contributed by atoms with Gasteiger partial charge in [0.25, 0.3) is 0 Å². The van der Waals surface area contributed by atoms with Crippen LogP contribution in [-0.4, -0.2) is 49.1 Å². The monoisotopic (exact) mass is 266 g/mol. The van der Waals surface area contributed by atoms with Crippen molar-refractivity contribution in [1.29, 1.82) is 0 Å². The predicted octanol–water partition coefficient (Wildman–Crippen LogP) is -0.976. The second kappa shape index (κ2) is 5.79. The van der Waals surface area contributed by atoms with Crippen LogP contribution < -0.4 is 11.1 Å². The molecule has 0 rings (SSSR count). The summed E-state index contributed by atoms with van der Waals surface area (Å²) >= 11 is 0. The number of rotatable bonds is 6. The van der Waals surface area contributed by atoms with Crippen molar-refractivity contribution in [2.24, 2.45) is 5.73 Å². The molecule has 0 aliphatic heterocycles. The molecule has 1 amide bonds. The van der Waals surface area contributed by atoms with Gasteiger partial charge in [-0.25, -0.2) is 8.42 Å². The zero-order valence-corrected chi connectivity index (χ0v) is 11.5. The maximum atomic E-state index is 11.6. The van der Waals surface area contributed by atoms with Gasteiger partial charge in [-0.3, -0.25) is 4.79 Å². The third kappa shape index (κ3) is 6.60. The van der Waals surface area contributed by atoms with Crippen molar-refractivity contribution in [3.8, 4) is 0 Å². The van der Waals surface area contributed by atoms with Crippen LogP contribution in [0.1, 0.15) is 27.2 Å². The Balaban J connectivity index is 4.34. The first kappa shape index (κ1) is 16.3. The first-order valence-electron chi connectivity index (χ1n) is 5.39. The number of nitrogens with two attached hydrogens (primary N) is 1. The van der Waals surface area contributed by atoms with E-state index in [1.807, 2.05) is 0 Å². The minimum absolute atomic E-state index is 0.0700. The second-order valence-electron chi connectivity index (χ2n) is 4.91. The number of aliphatic hydroxyl groups excluding tert-OH is 1. The lowest BCUT2D eigenvalue weighted by Gasteiger charge is -2.30. The average molecular weight is 266 g/mol. The van der Waals surface area contributed by atoms with Gasteiger partial charge in [0.05, 0.1) is 23.4 Å². The van der Waals surface area contributed by atoms with Gasteiger partial charge in [0.1, 0.15) is 9.84 Å². The van der Waals surface area contributed by atoms with Crippen molar-refractivity contribution in [3.05, 3.63) is 0 Å². The van der Waals surface area contributed by atoms with E-state index in [1.165, 1.54) is 0 Å². The molecule has 0 saturated carbocycles. The lowest BCUT2D eigenvalue weighted by molar-refractivity contribution is -0.125. The number of amides is 1. The molecule has 0 radical (unpaired) electrons. The Bertz CT molecular complexity index is 363. The molecule has 0 aliphatic carbocycles. The van der Waals surface area contributed by atoms with Gasteiger partial charge in [0, 0.05) is 6.26 Å². The van der Waals surface area contributed by atoms with Crippen LogP contribution in [0, 0.1) is 0 Å². The standard InChI is InChI=1S/C10H22N2O4S/c1-7(13)10(2,3)12-9(14)8(11)5-6-17(4,15)16/h7-8,13H,5-6,11H2,1-4H3,(H,12,14). The van der Waals surface area contributed by atoms with E-state index >= 15 is 0 Å². The van der Waals surface area contributed by atoms with Gasteiger partial charge in [0.15, 0.2) is 0 Å². The number of nitrogens with one attached hydrogen (secondary N) is 1. The van der Waals surface area contributed by atoms with Crippen LogP contribution >= 0.6 is 0 Å². The number of aliphatic hydroxyl groups is 1. The quantitative estimate of drug-likeness (QED) is 0.572. The molecule has 0 heterocycles. The summed E-state index contributed by atoms with van der Waals surface area (Å²) in [5, 5.41) is 12.0. The van der Waals surface area contributed by atoms with Gasteiger partial charge in [-0.15, -0.1) is 0 Å². The third-order valence-electron chi connectivity index (χ3n) is 2.63. The van der Waals surface area contributed by atoms with E-state index in [4.69, 9.17) is 5.73 Å². The number of sulfone groups is 1. The van der Waals surface area contributed by atoms with Crippen molar-refractivity contribution in [3.63, 3.8) is 0 Å². The van der Waals surface area contributed by atoms with E-state index in [0.717, 1.165) is 6.26 Å². The number of carbonyl (C=O) groups excluding carboxylic acids is 1. The number of carbonyl (C=O) groups is 1. The number of hydrogen-bond acceptors (Lipinski definition) is 5. The van der Waals surface area contributed by atoms with E-state index in [0.29, 0.717) is 0 Å². The summed E-state index contributed by atoms with van der Waals surface area (Å²) in [5.74, 6) is -0.587. The Kier molecular flexibility index (Phi) is 5.57. The highest BCUT2D eigenvalue weighted by molar-refractivity contribution is 7.90. The maximum Gasteiger partial charge on any atom is 0.237 e. The SMILES string of the molecule is CC(O)C(C)(C)NC(=O)C(N)CCS(C)(=O)=O. The molecular weight excluding hydrogens is 244 g/mol. The van der Waals surface area contributed by atoms with Crippen LogP contribution in [0.25, 0.3) is 0 Å². The van der Waals surface area contributed by atoms with Crippen molar-refractivity contribution in [2.75, 3.05) is 12.0 Å². The molecule has 0 saturated heterocycles. The summed E-state index contributed by atoms with van der Waals surface area (Å²) in [6.07, 6.45) is 0.436. The molecule has 4 N–H and O–H groups in total. The van der Waals surface area contributed by atoms with Crippen LogP contribution in [0.4, 0.5) is 0 Å². The summed E-state index contributed by atoms with van der Waals surface area (Å²) in [6.45, 7) is 4.89. The second-order valence-corrected chi connectivity index (χ2v) is 7.17. The largest absolute Gasteiger partial charge is 0.391 e. The molecular formula is C10H22N2O4S. The molecule has 0 bridgehead atoms. The van der Waals surface area contributed by atoms with Crippen LogP contribution in [-0.2, 0) is 14.6 Å². The molecule has 0 spiro atoms. The van der Waals surface area contributed by atoms with Crippen molar-refractivity contribution in [1.82, 2.24) is 5.32 Å². The normalized spacial score (nSPS) is 16.4. The molecule has 0 aromatic heterocycles. The first-order chi connectivity index (χ1) is 7.46. The van der Waals surface area contributed by atoms with Crippen LogP contribution in [0.15, 0.2) is 0 Å². The van der Waals surface area contributed by atoms with E-state index in [2.05, 4.69) is 5.32 Å². The van der Waals surface area contributed by atoms with E-state index in [-0.39, 0.29) is 12.2 Å². The minimum Gasteiger partial charge on any atom is -0.391 e. The van der Waals surface area contributed by atoms with Crippen molar-refractivity contribution >= 4 is 15.7 Å². The zero-order valence-electron chi connectivity index (χ0n) is 10.7. The fraction of sp³-hybridized carbons (Fsp3) is 0.900. The van der Waals surface area contributed by atoms with Gasteiger partial charge < -0.3 is 16.2 Å². The Morgan fingerprint density at radius 1 is 1.47 bits per heavy atom. The molecule has 0 aromatic carbocycles. The van der Waals surface area contributed by atoms with E-state index in [1.54, 1.807) is 20.8 Å². The Labute approximate surface area is 102 Å². The van der Waals surface area contributed by atoms with E-state index < -0.39 is 33.4 Å². The summed E-state index contributed by atoms with van der Waals surface area (Å²) < 4.78 is 21.8. The molecule has 0 aromatic rings. The summed E-state index contributed by atoms with van der Waals surface area (Å²) in [5.41, 5.74) is 4.78. The molecule has 0 fully saturated rings. The van der Waals surface area contributed by atoms with E-state index in [9.17, 15) is 18.3 Å². The lowest BCUT2D eigenvalue weighted by Crippen LogP contribution is -2.55. The van der Waals surface area contributed by atoms with Crippen LogP contribution in [0.3, 0.4) is 0 Å². The minimum atomic E-state index is -3.12. The molecule has 2 atom stereocenters. The van der Waals surface area contributed by atoms with Gasteiger partial charge in [0.2, 0.25) is 5.91 Å². The van der Waals surface area contributed by atoms with Gasteiger partial charge in [-0.2, -0.15) is 0 Å². The Morgan fingerprint density at radius 2 is 1.94 bits per heavy atom. The fourth-order valence-corrected chi connectivity index (χ4v) is 1.67. The maximum absolute atomic E-state index is 11.6. The van der Waals surface area contributed by atoms with Crippen molar-refractivity contribution in [2.45, 2.75) is 44.9 Å². The highest BCUT2D eigenvalue weighted by Gasteiger charge is 2.28. The van der Waals surface area contributed by atoms with Gasteiger partial charge >= 0.3 is 0 Å². The molecule has 102 valence electrons. The Morgan fingerprint density at radius 3 is 2.29 bits per heavy atom. The Hall–Kier alpha value is -0.660. The topological polar surface area (TPSA) is 109 Å². The lowest BCUT2D eigenvalue weighted by atomic mass is 9.98. The van der Waals surface area contributed by atoms with Crippen molar-refractivity contribution < 1.29 is 18.3 Å². The van der Waals surface area contributed by atoms with Gasteiger partial charge in [-0.05, 0) is 27.2 Å². The summed E-state index contributed by atoms with van der Waals surface area (Å²) in [6, 6.07) is -0.886. The summed E-state index contributed by atoms with van der Waals surface area (Å²) in [4.78, 5) is 11.6. The number of hydrogen-bond donors (Lipinski definition) is 3. The molecule has 6 nitrogen and oxygen atoms in total. The molecule has 0 aliphatic rings. The first-order valence-corrected chi connectivity index (χ1v) is 7.45. The molecule has 7 heteroatoms.